The number of fused-ring (bicyclic) bond motifs is 1. The van der Waals surface area contributed by atoms with Gasteiger partial charge in [0, 0.05) is 23.0 Å². The molecule has 2 aliphatic rings. The third kappa shape index (κ3) is 3.93. The number of carbonyl (C=O) groups is 1. The van der Waals surface area contributed by atoms with Gasteiger partial charge in [0.25, 0.3) is 0 Å². The Bertz CT molecular complexity index is 1110. The van der Waals surface area contributed by atoms with Crippen LogP contribution in [0.4, 0.5) is 5.69 Å². The number of rotatable bonds is 4. The SMILES string of the molecule is CCOc1cc(C2CC(=O)N3CN(c4cccc(Cl)c4C)CSC3=C2C#N)ccc1O. The van der Waals surface area contributed by atoms with Gasteiger partial charge in [-0.1, -0.05) is 35.5 Å². The number of phenolic OH excluding ortho intramolecular Hbond substituents is 1. The molecule has 160 valence electrons. The van der Waals surface area contributed by atoms with Crippen LogP contribution >= 0.6 is 23.4 Å². The van der Waals surface area contributed by atoms with Crippen LogP contribution in [0.5, 0.6) is 11.5 Å². The molecule has 8 heteroatoms. The van der Waals surface area contributed by atoms with Crippen molar-refractivity contribution < 1.29 is 14.6 Å². The Labute approximate surface area is 190 Å². The Balaban J connectivity index is 1.68. The molecule has 6 nitrogen and oxygen atoms in total. The number of nitriles is 1. The number of thioether (sulfide) groups is 1. The van der Waals surface area contributed by atoms with Crippen molar-refractivity contribution in [2.24, 2.45) is 0 Å². The summed E-state index contributed by atoms with van der Waals surface area (Å²) in [6.07, 6.45) is 0.186. The number of aromatic hydroxyl groups is 1. The van der Waals surface area contributed by atoms with Crippen LogP contribution in [-0.4, -0.2) is 35.1 Å². The van der Waals surface area contributed by atoms with Crippen LogP contribution in [0.15, 0.2) is 47.0 Å². The molecule has 2 aliphatic heterocycles. The van der Waals surface area contributed by atoms with Crippen LogP contribution in [0, 0.1) is 18.3 Å². The maximum Gasteiger partial charge on any atom is 0.229 e. The number of amides is 1. The molecule has 0 bridgehead atoms. The van der Waals surface area contributed by atoms with E-state index in [1.54, 1.807) is 23.1 Å². The summed E-state index contributed by atoms with van der Waals surface area (Å²) in [5.74, 6) is 0.603. The summed E-state index contributed by atoms with van der Waals surface area (Å²) in [5, 5.41) is 21.4. The lowest BCUT2D eigenvalue weighted by Crippen LogP contribution is -2.47. The molecule has 2 aromatic rings. The van der Waals surface area contributed by atoms with Gasteiger partial charge in [-0.15, -0.1) is 0 Å². The standard InChI is InChI=1S/C23H22ClN3O3S/c1-3-30-21-9-15(7-8-20(21)28)16-10-22(29)27-12-26(13-31-23(27)17(16)11-25)19-6-4-5-18(24)14(19)2/h4-9,16,28H,3,10,12-13H2,1-2H3. The van der Waals surface area contributed by atoms with Crippen LogP contribution in [0.2, 0.25) is 5.02 Å². The van der Waals surface area contributed by atoms with Crippen molar-refractivity contribution in [1.82, 2.24) is 4.90 Å². The summed E-state index contributed by atoms with van der Waals surface area (Å²) in [7, 11) is 0. The highest BCUT2D eigenvalue weighted by atomic mass is 35.5. The number of allylic oxidation sites excluding steroid dienone is 1. The first-order chi connectivity index (χ1) is 14.9. The average molecular weight is 456 g/mol. The smallest absolute Gasteiger partial charge is 0.229 e. The highest BCUT2D eigenvalue weighted by molar-refractivity contribution is 8.03. The van der Waals surface area contributed by atoms with Crippen molar-refractivity contribution in [3.63, 3.8) is 0 Å². The van der Waals surface area contributed by atoms with E-state index in [4.69, 9.17) is 16.3 Å². The summed E-state index contributed by atoms with van der Waals surface area (Å²) in [5.41, 5.74) is 3.30. The minimum atomic E-state index is -0.365. The highest BCUT2D eigenvalue weighted by Crippen LogP contribution is 2.45. The van der Waals surface area contributed by atoms with Crippen LogP contribution in [0.3, 0.4) is 0 Å². The van der Waals surface area contributed by atoms with Gasteiger partial charge in [0.15, 0.2) is 11.5 Å². The Morgan fingerprint density at radius 2 is 2.16 bits per heavy atom. The predicted octanol–water partition coefficient (Wildman–Crippen LogP) is 4.97. The van der Waals surface area contributed by atoms with Gasteiger partial charge < -0.3 is 14.7 Å². The molecule has 1 fully saturated rings. The van der Waals surface area contributed by atoms with Gasteiger partial charge in [0.2, 0.25) is 5.91 Å². The van der Waals surface area contributed by atoms with Gasteiger partial charge in [-0.25, -0.2) is 0 Å². The summed E-state index contributed by atoms with van der Waals surface area (Å²) >= 11 is 7.77. The normalized spacial score (nSPS) is 18.6. The third-order valence-electron chi connectivity index (χ3n) is 5.56. The molecule has 0 radical (unpaired) electrons. The number of nitrogens with zero attached hydrogens (tertiary/aromatic N) is 3. The van der Waals surface area contributed by atoms with Crippen molar-refractivity contribution >= 4 is 35.0 Å². The number of benzene rings is 2. The molecule has 0 aromatic heterocycles. The Kier molecular flexibility index (Phi) is 6.03. The molecule has 2 aromatic carbocycles. The Morgan fingerprint density at radius 1 is 1.35 bits per heavy atom. The van der Waals surface area contributed by atoms with Gasteiger partial charge in [-0.3, -0.25) is 9.69 Å². The molecule has 0 spiro atoms. The fraction of sp³-hybridized carbons (Fsp3) is 0.304. The fourth-order valence-corrected chi connectivity index (χ4v) is 5.28. The van der Waals surface area contributed by atoms with Crippen molar-refractivity contribution in [3.8, 4) is 17.6 Å². The lowest BCUT2D eigenvalue weighted by molar-refractivity contribution is -0.129. The van der Waals surface area contributed by atoms with E-state index >= 15 is 0 Å². The zero-order chi connectivity index (χ0) is 22.1. The van der Waals surface area contributed by atoms with Crippen LogP contribution in [0.25, 0.3) is 0 Å². The van der Waals surface area contributed by atoms with E-state index < -0.39 is 0 Å². The van der Waals surface area contributed by atoms with Crippen molar-refractivity contribution in [2.45, 2.75) is 26.2 Å². The van der Waals surface area contributed by atoms with E-state index in [1.807, 2.05) is 32.0 Å². The zero-order valence-electron chi connectivity index (χ0n) is 17.3. The fourth-order valence-electron chi connectivity index (χ4n) is 3.96. The second kappa shape index (κ2) is 8.74. The highest BCUT2D eigenvalue weighted by Gasteiger charge is 2.38. The topological polar surface area (TPSA) is 76.8 Å². The minimum Gasteiger partial charge on any atom is -0.504 e. The van der Waals surface area contributed by atoms with E-state index in [0.29, 0.717) is 40.5 Å². The molecule has 1 amide bonds. The Hall–Kier alpha value is -2.82. The van der Waals surface area contributed by atoms with E-state index in [1.165, 1.54) is 11.8 Å². The summed E-state index contributed by atoms with van der Waals surface area (Å²) in [6.45, 7) is 4.58. The lowest BCUT2D eigenvalue weighted by Gasteiger charge is -2.42. The van der Waals surface area contributed by atoms with Crippen molar-refractivity contribution in [3.05, 3.63) is 63.1 Å². The first kappa shape index (κ1) is 21.4. The number of hydrogen-bond donors (Lipinski definition) is 1. The number of ether oxygens (including phenoxy) is 1. The van der Waals surface area contributed by atoms with Crippen molar-refractivity contribution in [2.75, 3.05) is 24.1 Å². The second-order valence-electron chi connectivity index (χ2n) is 7.41. The summed E-state index contributed by atoms with van der Waals surface area (Å²) in [6, 6.07) is 13.1. The first-order valence-corrected chi connectivity index (χ1v) is 11.3. The molecular formula is C23H22ClN3O3S. The minimum absolute atomic E-state index is 0.0399. The summed E-state index contributed by atoms with van der Waals surface area (Å²) in [4.78, 5) is 16.9. The molecule has 31 heavy (non-hydrogen) atoms. The number of phenols is 1. The predicted molar refractivity (Wildman–Crippen MR) is 122 cm³/mol. The van der Waals surface area contributed by atoms with Gasteiger partial charge in [0.1, 0.15) is 0 Å². The van der Waals surface area contributed by atoms with E-state index in [2.05, 4.69) is 11.0 Å². The number of hydrogen-bond acceptors (Lipinski definition) is 6. The molecule has 4 rings (SSSR count). The third-order valence-corrected chi connectivity index (χ3v) is 7.12. The van der Waals surface area contributed by atoms with Crippen LogP contribution in [-0.2, 0) is 4.79 Å². The van der Waals surface area contributed by atoms with Gasteiger partial charge >= 0.3 is 0 Å². The number of halogens is 1. The second-order valence-corrected chi connectivity index (χ2v) is 8.75. The first-order valence-electron chi connectivity index (χ1n) is 9.97. The lowest BCUT2D eigenvalue weighted by atomic mass is 9.86. The monoisotopic (exact) mass is 455 g/mol. The van der Waals surface area contributed by atoms with E-state index in [0.717, 1.165) is 16.8 Å². The van der Waals surface area contributed by atoms with E-state index in [-0.39, 0.29) is 24.0 Å². The molecule has 1 unspecified atom stereocenters. The van der Waals surface area contributed by atoms with Gasteiger partial charge in [-0.2, -0.15) is 5.26 Å². The molecule has 1 atom stereocenters. The molecular weight excluding hydrogens is 434 g/mol. The largest absolute Gasteiger partial charge is 0.504 e. The van der Waals surface area contributed by atoms with Gasteiger partial charge in [-0.05, 0) is 49.2 Å². The zero-order valence-corrected chi connectivity index (χ0v) is 18.8. The van der Waals surface area contributed by atoms with Crippen molar-refractivity contribution in [1.29, 1.82) is 5.26 Å². The maximum atomic E-state index is 13.1. The molecule has 1 saturated heterocycles. The molecule has 0 aliphatic carbocycles. The number of anilines is 1. The summed E-state index contributed by atoms with van der Waals surface area (Å²) < 4.78 is 5.49. The number of carbonyl (C=O) groups excluding carboxylic acids is 1. The quantitative estimate of drug-likeness (QED) is 0.701. The van der Waals surface area contributed by atoms with Gasteiger partial charge in [0.05, 0.1) is 35.8 Å². The van der Waals surface area contributed by atoms with E-state index in [9.17, 15) is 15.2 Å². The molecule has 0 saturated carbocycles. The maximum absolute atomic E-state index is 13.1. The van der Waals surface area contributed by atoms with Crippen LogP contribution in [0.1, 0.15) is 30.4 Å². The average Bonchev–Trinajstić information content (AvgIpc) is 2.77. The molecule has 1 N–H and O–H groups in total. The van der Waals surface area contributed by atoms with Crippen LogP contribution < -0.4 is 9.64 Å². The molecule has 2 heterocycles. The Morgan fingerprint density at radius 3 is 2.90 bits per heavy atom.